The highest BCUT2D eigenvalue weighted by atomic mass is 32.2. The number of nitriles is 2. The van der Waals surface area contributed by atoms with Crippen molar-refractivity contribution in [3.8, 4) is 12.1 Å². The molecular weight excluding hydrogens is 336 g/mol. The van der Waals surface area contributed by atoms with E-state index in [2.05, 4.69) is 12.1 Å². The number of nitrogens with zero attached hydrogens (tertiary/aromatic N) is 4. The Bertz CT molecular complexity index is 919. The molecule has 1 fully saturated rings. The molecule has 1 aliphatic heterocycles. The summed E-state index contributed by atoms with van der Waals surface area (Å²) in [6.45, 7) is 1.47. The normalized spacial score (nSPS) is 15.4. The molecule has 0 unspecified atom stereocenters. The van der Waals surface area contributed by atoms with Crippen LogP contribution in [0.5, 0.6) is 0 Å². The SMILES string of the molecule is N#Cc1cccc(C#N)c1N1CCN(S(=O)(=O)c2ccccc2)CC1. The first-order chi connectivity index (χ1) is 12.1. The molecule has 0 spiro atoms. The number of hydrogen-bond donors (Lipinski definition) is 0. The molecule has 1 heterocycles. The second kappa shape index (κ2) is 6.94. The maximum Gasteiger partial charge on any atom is 0.243 e. The lowest BCUT2D eigenvalue weighted by Crippen LogP contribution is -2.49. The molecule has 0 radical (unpaired) electrons. The molecule has 2 aromatic rings. The van der Waals surface area contributed by atoms with Crippen molar-refractivity contribution in [3.63, 3.8) is 0 Å². The Morgan fingerprint density at radius 1 is 0.800 bits per heavy atom. The monoisotopic (exact) mass is 352 g/mol. The molecule has 0 bridgehead atoms. The smallest absolute Gasteiger partial charge is 0.243 e. The average Bonchev–Trinajstić information content (AvgIpc) is 2.68. The van der Waals surface area contributed by atoms with E-state index in [-0.39, 0.29) is 4.90 Å². The van der Waals surface area contributed by atoms with Gasteiger partial charge in [0.2, 0.25) is 10.0 Å². The van der Waals surface area contributed by atoms with E-state index in [1.165, 1.54) is 4.31 Å². The fourth-order valence-electron chi connectivity index (χ4n) is 2.96. The second-order valence-corrected chi connectivity index (χ2v) is 7.57. The van der Waals surface area contributed by atoms with Gasteiger partial charge in [0.05, 0.1) is 21.7 Å². The van der Waals surface area contributed by atoms with Gasteiger partial charge in [-0.05, 0) is 24.3 Å². The first-order valence-electron chi connectivity index (χ1n) is 7.81. The zero-order valence-electron chi connectivity index (χ0n) is 13.5. The molecule has 7 heteroatoms. The Hall–Kier alpha value is -2.87. The summed E-state index contributed by atoms with van der Waals surface area (Å²) in [5.41, 5.74) is 1.45. The topological polar surface area (TPSA) is 88.2 Å². The van der Waals surface area contributed by atoms with Gasteiger partial charge in [0.15, 0.2) is 0 Å². The van der Waals surface area contributed by atoms with Crippen molar-refractivity contribution in [1.29, 1.82) is 10.5 Å². The van der Waals surface area contributed by atoms with Gasteiger partial charge in [0.25, 0.3) is 0 Å². The minimum Gasteiger partial charge on any atom is -0.367 e. The van der Waals surface area contributed by atoms with Crippen LogP contribution < -0.4 is 4.90 Å². The predicted molar refractivity (Wildman–Crippen MR) is 93.3 cm³/mol. The van der Waals surface area contributed by atoms with Crippen LogP contribution in [0.4, 0.5) is 5.69 Å². The van der Waals surface area contributed by atoms with E-state index >= 15 is 0 Å². The van der Waals surface area contributed by atoms with Crippen LogP contribution in [0.25, 0.3) is 0 Å². The maximum atomic E-state index is 12.7. The highest BCUT2D eigenvalue weighted by molar-refractivity contribution is 7.89. The van der Waals surface area contributed by atoms with Crippen LogP contribution in [0.15, 0.2) is 53.4 Å². The van der Waals surface area contributed by atoms with E-state index in [0.717, 1.165) is 0 Å². The summed E-state index contributed by atoms with van der Waals surface area (Å²) in [7, 11) is -3.52. The molecule has 1 aliphatic rings. The van der Waals surface area contributed by atoms with Crippen molar-refractivity contribution < 1.29 is 8.42 Å². The van der Waals surface area contributed by atoms with Crippen LogP contribution in [-0.2, 0) is 10.0 Å². The summed E-state index contributed by atoms with van der Waals surface area (Å²) in [4.78, 5) is 2.19. The van der Waals surface area contributed by atoms with Crippen molar-refractivity contribution in [2.75, 3.05) is 31.1 Å². The highest BCUT2D eigenvalue weighted by Crippen LogP contribution is 2.27. The van der Waals surface area contributed by atoms with Gasteiger partial charge in [-0.1, -0.05) is 24.3 Å². The van der Waals surface area contributed by atoms with E-state index < -0.39 is 10.0 Å². The molecule has 0 amide bonds. The van der Waals surface area contributed by atoms with E-state index in [0.29, 0.717) is 43.0 Å². The molecule has 126 valence electrons. The van der Waals surface area contributed by atoms with Crippen molar-refractivity contribution in [3.05, 3.63) is 59.7 Å². The fourth-order valence-corrected chi connectivity index (χ4v) is 4.40. The number of benzene rings is 2. The Labute approximate surface area is 147 Å². The van der Waals surface area contributed by atoms with Crippen LogP contribution in [0.3, 0.4) is 0 Å². The van der Waals surface area contributed by atoms with Crippen molar-refractivity contribution in [1.82, 2.24) is 4.31 Å². The highest BCUT2D eigenvalue weighted by Gasteiger charge is 2.29. The summed E-state index contributed by atoms with van der Waals surface area (Å²) in [5, 5.41) is 18.6. The van der Waals surface area contributed by atoms with Crippen molar-refractivity contribution in [2.45, 2.75) is 4.90 Å². The molecule has 3 rings (SSSR count). The third-order valence-corrected chi connectivity index (χ3v) is 6.13. The Balaban J connectivity index is 1.82. The van der Waals surface area contributed by atoms with E-state index in [1.807, 2.05) is 4.90 Å². The quantitative estimate of drug-likeness (QED) is 0.842. The predicted octanol–water partition coefficient (Wildman–Crippen LogP) is 1.94. The standard InChI is InChI=1S/C18H16N4O2S/c19-13-15-5-4-6-16(14-20)18(15)21-9-11-22(12-10-21)25(23,24)17-7-2-1-3-8-17/h1-8H,9-12H2. The van der Waals surface area contributed by atoms with Gasteiger partial charge in [-0.25, -0.2) is 8.42 Å². The molecule has 0 atom stereocenters. The average molecular weight is 352 g/mol. The number of para-hydroxylation sites is 1. The van der Waals surface area contributed by atoms with Crippen LogP contribution in [0.2, 0.25) is 0 Å². The van der Waals surface area contributed by atoms with Crippen LogP contribution in [0, 0.1) is 22.7 Å². The van der Waals surface area contributed by atoms with Crippen LogP contribution in [0.1, 0.15) is 11.1 Å². The third kappa shape index (κ3) is 3.20. The second-order valence-electron chi connectivity index (χ2n) is 5.63. The number of piperazine rings is 1. The van der Waals surface area contributed by atoms with Gasteiger partial charge >= 0.3 is 0 Å². The van der Waals surface area contributed by atoms with E-state index in [9.17, 15) is 18.9 Å². The van der Waals surface area contributed by atoms with Gasteiger partial charge in [0, 0.05) is 26.2 Å². The Kier molecular flexibility index (Phi) is 4.71. The minimum atomic E-state index is -3.52. The van der Waals surface area contributed by atoms with Gasteiger partial charge in [-0.2, -0.15) is 14.8 Å². The van der Waals surface area contributed by atoms with Crippen molar-refractivity contribution >= 4 is 15.7 Å². The molecular formula is C18H16N4O2S. The molecule has 2 aromatic carbocycles. The van der Waals surface area contributed by atoms with E-state index in [4.69, 9.17) is 0 Å². The summed E-state index contributed by atoms with van der Waals surface area (Å²) in [5.74, 6) is 0. The Morgan fingerprint density at radius 2 is 1.36 bits per heavy atom. The summed E-state index contributed by atoms with van der Waals surface area (Å²) < 4.78 is 26.8. The minimum absolute atomic E-state index is 0.276. The lowest BCUT2D eigenvalue weighted by molar-refractivity contribution is 0.385. The van der Waals surface area contributed by atoms with Gasteiger partial charge < -0.3 is 4.90 Å². The molecule has 0 aliphatic carbocycles. The van der Waals surface area contributed by atoms with Crippen LogP contribution >= 0.6 is 0 Å². The molecule has 25 heavy (non-hydrogen) atoms. The van der Waals surface area contributed by atoms with Gasteiger partial charge in [0.1, 0.15) is 12.1 Å². The molecule has 1 saturated heterocycles. The molecule has 0 saturated carbocycles. The zero-order valence-corrected chi connectivity index (χ0v) is 14.3. The summed E-state index contributed by atoms with van der Waals surface area (Å²) >= 11 is 0. The number of rotatable bonds is 3. The van der Waals surface area contributed by atoms with Gasteiger partial charge in [-0.3, -0.25) is 0 Å². The molecule has 6 nitrogen and oxygen atoms in total. The molecule has 0 N–H and O–H groups in total. The first kappa shape index (κ1) is 17.0. The number of anilines is 1. The largest absolute Gasteiger partial charge is 0.367 e. The maximum absolute atomic E-state index is 12.7. The Morgan fingerprint density at radius 3 is 1.88 bits per heavy atom. The first-order valence-corrected chi connectivity index (χ1v) is 9.25. The third-order valence-electron chi connectivity index (χ3n) is 4.21. The summed E-state index contributed by atoms with van der Waals surface area (Å²) in [6.07, 6.45) is 0. The molecule has 0 aromatic heterocycles. The van der Waals surface area contributed by atoms with Crippen molar-refractivity contribution in [2.24, 2.45) is 0 Å². The summed E-state index contributed by atoms with van der Waals surface area (Å²) in [6, 6.07) is 17.6. The van der Waals surface area contributed by atoms with Gasteiger partial charge in [-0.15, -0.1) is 0 Å². The fraction of sp³-hybridized carbons (Fsp3) is 0.222. The van der Waals surface area contributed by atoms with Crippen LogP contribution in [-0.4, -0.2) is 38.9 Å². The number of hydrogen-bond acceptors (Lipinski definition) is 5. The number of sulfonamides is 1. The van der Waals surface area contributed by atoms with E-state index in [1.54, 1.807) is 48.5 Å². The lowest BCUT2D eigenvalue weighted by Gasteiger charge is -2.36. The lowest BCUT2D eigenvalue weighted by atomic mass is 10.1. The zero-order chi connectivity index (χ0) is 17.9.